The highest BCUT2D eigenvalue weighted by Gasteiger charge is 2.08. The maximum Gasteiger partial charge on any atom is 0.125 e. The van der Waals surface area contributed by atoms with Gasteiger partial charge in [-0.2, -0.15) is 11.8 Å². The van der Waals surface area contributed by atoms with Crippen molar-refractivity contribution in [2.75, 3.05) is 18.6 Å². The topological polar surface area (TPSA) is 35.2 Å². The Morgan fingerprint density at radius 1 is 1.50 bits per heavy atom. The van der Waals surface area contributed by atoms with Crippen LogP contribution < -0.4 is 10.5 Å². The first-order chi connectivity index (χ1) is 7.65. The predicted octanol–water partition coefficient (Wildman–Crippen LogP) is 3.60. The second-order valence-electron chi connectivity index (χ2n) is 3.67. The van der Waals surface area contributed by atoms with Crippen LogP contribution in [0.3, 0.4) is 0 Å². The SMILES string of the molecule is CSCCCOc1cc(Br)ccc1C(C)N. The van der Waals surface area contributed by atoms with E-state index in [-0.39, 0.29) is 6.04 Å². The molecule has 0 saturated carbocycles. The van der Waals surface area contributed by atoms with E-state index in [9.17, 15) is 0 Å². The van der Waals surface area contributed by atoms with E-state index in [1.165, 1.54) is 0 Å². The summed E-state index contributed by atoms with van der Waals surface area (Å²) in [5.74, 6) is 2.02. The molecule has 0 radical (unpaired) electrons. The second kappa shape index (κ2) is 7.20. The molecule has 16 heavy (non-hydrogen) atoms. The van der Waals surface area contributed by atoms with Gasteiger partial charge in [0.1, 0.15) is 5.75 Å². The van der Waals surface area contributed by atoms with Gasteiger partial charge in [-0.15, -0.1) is 0 Å². The van der Waals surface area contributed by atoms with Crippen molar-refractivity contribution < 1.29 is 4.74 Å². The third-order valence-electron chi connectivity index (χ3n) is 2.22. The molecule has 0 aliphatic heterocycles. The fraction of sp³-hybridized carbons (Fsp3) is 0.500. The molecule has 1 aromatic carbocycles. The van der Waals surface area contributed by atoms with Crippen molar-refractivity contribution >= 4 is 27.7 Å². The lowest BCUT2D eigenvalue weighted by molar-refractivity contribution is 0.314. The number of hydrogen-bond donors (Lipinski definition) is 1. The van der Waals surface area contributed by atoms with Crippen LogP contribution in [-0.4, -0.2) is 18.6 Å². The Morgan fingerprint density at radius 3 is 2.88 bits per heavy atom. The molecule has 1 rings (SSSR count). The van der Waals surface area contributed by atoms with Crippen molar-refractivity contribution in [2.45, 2.75) is 19.4 Å². The molecule has 90 valence electrons. The summed E-state index contributed by atoms with van der Waals surface area (Å²) >= 11 is 5.28. The smallest absolute Gasteiger partial charge is 0.125 e. The number of thioether (sulfide) groups is 1. The summed E-state index contributed by atoms with van der Waals surface area (Å²) in [7, 11) is 0. The van der Waals surface area contributed by atoms with Gasteiger partial charge in [0.25, 0.3) is 0 Å². The molecule has 1 unspecified atom stereocenters. The molecule has 2 nitrogen and oxygen atoms in total. The van der Waals surface area contributed by atoms with Crippen molar-refractivity contribution in [3.8, 4) is 5.75 Å². The third-order valence-corrected chi connectivity index (χ3v) is 3.41. The summed E-state index contributed by atoms with van der Waals surface area (Å²) in [6, 6.07) is 5.99. The summed E-state index contributed by atoms with van der Waals surface area (Å²) in [6.45, 7) is 2.72. The van der Waals surface area contributed by atoms with Gasteiger partial charge in [0.15, 0.2) is 0 Å². The first-order valence-electron chi connectivity index (χ1n) is 5.32. The van der Waals surface area contributed by atoms with E-state index < -0.39 is 0 Å². The molecular weight excluding hydrogens is 286 g/mol. The number of hydrogen-bond acceptors (Lipinski definition) is 3. The van der Waals surface area contributed by atoms with Gasteiger partial charge < -0.3 is 10.5 Å². The second-order valence-corrected chi connectivity index (χ2v) is 5.57. The number of nitrogens with two attached hydrogens (primary N) is 1. The molecule has 0 spiro atoms. The molecule has 1 atom stereocenters. The van der Waals surface area contributed by atoms with Crippen LogP contribution in [0.4, 0.5) is 0 Å². The lowest BCUT2D eigenvalue weighted by Gasteiger charge is -2.14. The minimum absolute atomic E-state index is 0.00338. The van der Waals surface area contributed by atoms with Gasteiger partial charge in [-0.05, 0) is 37.5 Å². The Hall–Kier alpha value is -0.190. The predicted molar refractivity (Wildman–Crippen MR) is 75.2 cm³/mol. The Bertz CT molecular complexity index is 331. The zero-order valence-corrected chi connectivity index (χ0v) is 12.1. The number of rotatable bonds is 6. The summed E-state index contributed by atoms with van der Waals surface area (Å²) in [6.07, 6.45) is 3.17. The van der Waals surface area contributed by atoms with E-state index >= 15 is 0 Å². The Kier molecular flexibility index (Phi) is 6.24. The molecule has 0 aliphatic rings. The van der Waals surface area contributed by atoms with Gasteiger partial charge in [0, 0.05) is 16.1 Å². The van der Waals surface area contributed by atoms with Gasteiger partial charge in [0.05, 0.1) is 6.61 Å². The fourth-order valence-corrected chi connectivity index (χ4v) is 2.14. The first-order valence-corrected chi connectivity index (χ1v) is 7.50. The molecule has 0 aliphatic carbocycles. The van der Waals surface area contributed by atoms with Crippen molar-refractivity contribution in [2.24, 2.45) is 5.73 Å². The zero-order valence-electron chi connectivity index (χ0n) is 9.70. The van der Waals surface area contributed by atoms with Gasteiger partial charge in [-0.25, -0.2) is 0 Å². The van der Waals surface area contributed by atoms with Crippen molar-refractivity contribution in [1.29, 1.82) is 0 Å². The number of halogens is 1. The van der Waals surface area contributed by atoms with Crippen LogP contribution >= 0.6 is 27.7 Å². The minimum Gasteiger partial charge on any atom is -0.493 e. The summed E-state index contributed by atoms with van der Waals surface area (Å²) in [5, 5.41) is 0. The summed E-state index contributed by atoms with van der Waals surface area (Å²) in [4.78, 5) is 0. The molecule has 0 heterocycles. The van der Waals surface area contributed by atoms with Crippen molar-refractivity contribution in [1.82, 2.24) is 0 Å². The van der Waals surface area contributed by atoms with Crippen LogP contribution in [0.5, 0.6) is 5.75 Å². The molecule has 0 amide bonds. The Balaban J connectivity index is 2.65. The minimum atomic E-state index is 0.00338. The van der Waals surface area contributed by atoms with Crippen LogP contribution in [0.2, 0.25) is 0 Å². The summed E-state index contributed by atoms with van der Waals surface area (Å²) in [5.41, 5.74) is 6.96. The molecule has 1 aromatic rings. The number of ether oxygens (including phenoxy) is 1. The monoisotopic (exact) mass is 303 g/mol. The average molecular weight is 304 g/mol. The number of benzene rings is 1. The lowest BCUT2D eigenvalue weighted by atomic mass is 10.1. The van der Waals surface area contributed by atoms with Crippen LogP contribution in [-0.2, 0) is 0 Å². The van der Waals surface area contributed by atoms with Crippen molar-refractivity contribution in [3.05, 3.63) is 28.2 Å². The van der Waals surface area contributed by atoms with Crippen molar-refractivity contribution in [3.63, 3.8) is 0 Å². The van der Waals surface area contributed by atoms with E-state index in [1.807, 2.05) is 36.9 Å². The van der Waals surface area contributed by atoms with Crippen LogP contribution in [0.25, 0.3) is 0 Å². The highest BCUT2D eigenvalue weighted by Crippen LogP contribution is 2.27. The average Bonchev–Trinajstić information content (AvgIpc) is 2.24. The zero-order chi connectivity index (χ0) is 12.0. The van der Waals surface area contributed by atoms with E-state index in [0.717, 1.165) is 34.6 Å². The fourth-order valence-electron chi connectivity index (χ4n) is 1.39. The quantitative estimate of drug-likeness (QED) is 0.816. The van der Waals surface area contributed by atoms with Gasteiger partial charge in [-0.3, -0.25) is 0 Å². The molecule has 2 N–H and O–H groups in total. The van der Waals surface area contributed by atoms with Gasteiger partial charge in [0.2, 0.25) is 0 Å². The maximum absolute atomic E-state index is 5.90. The highest BCUT2D eigenvalue weighted by atomic mass is 79.9. The Labute approximate surface area is 110 Å². The largest absolute Gasteiger partial charge is 0.493 e. The standard InChI is InChI=1S/C12H18BrNOS/c1-9(14)11-5-4-10(13)8-12(11)15-6-3-7-16-2/h4-5,8-9H,3,6-7,14H2,1-2H3. The normalized spacial score (nSPS) is 12.5. The molecule has 0 bridgehead atoms. The van der Waals surface area contributed by atoms with Crippen LogP contribution in [0.1, 0.15) is 24.9 Å². The summed E-state index contributed by atoms with van der Waals surface area (Å²) < 4.78 is 6.78. The highest BCUT2D eigenvalue weighted by molar-refractivity contribution is 9.10. The van der Waals surface area contributed by atoms with E-state index in [4.69, 9.17) is 10.5 Å². The first kappa shape index (κ1) is 13.9. The van der Waals surface area contributed by atoms with Gasteiger partial charge >= 0.3 is 0 Å². The van der Waals surface area contributed by atoms with Crippen LogP contribution in [0.15, 0.2) is 22.7 Å². The molecule has 0 saturated heterocycles. The molecule has 0 aromatic heterocycles. The molecular formula is C12H18BrNOS. The Morgan fingerprint density at radius 2 is 2.25 bits per heavy atom. The lowest BCUT2D eigenvalue weighted by Crippen LogP contribution is -2.09. The molecule has 4 heteroatoms. The van der Waals surface area contributed by atoms with Gasteiger partial charge in [-0.1, -0.05) is 22.0 Å². The van der Waals surface area contributed by atoms with E-state index in [0.29, 0.717) is 0 Å². The maximum atomic E-state index is 5.90. The third kappa shape index (κ3) is 4.36. The van der Waals surface area contributed by atoms with Crippen LogP contribution in [0, 0.1) is 0 Å². The van der Waals surface area contributed by atoms with E-state index in [2.05, 4.69) is 22.2 Å². The van der Waals surface area contributed by atoms with E-state index in [1.54, 1.807) is 0 Å². The molecule has 0 fully saturated rings.